The number of ketones is 1. The van der Waals surface area contributed by atoms with Gasteiger partial charge in [-0.25, -0.2) is 0 Å². The lowest BCUT2D eigenvalue weighted by molar-refractivity contribution is -0.141. The maximum Gasteiger partial charge on any atom is 0.148 e. The molecule has 0 aromatic carbocycles. The number of Topliss-reactive ketones (excluding diaryl/α,β-unsaturated/α-hetero) is 1. The number of rotatable bonds is 4. The Morgan fingerprint density at radius 3 is 2.06 bits per heavy atom. The van der Waals surface area contributed by atoms with Gasteiger partial charge in [0.05, 0.1) is 5.75 Å². The highest BCUT2D eigenvalue weighted by atomic mass is 32.2. The van der Waals surface area contributed by atoms with Crippen molar-refractivity contribution in [2.75, 3.05) is 11.5 Å². The Bertz CT molecular complexity index is 262. The lowest BCUT2D eigenvalue weighted by Gasteiger charge is -2.56. The number of thioether (sulfide) groups is 1. The van der Waals surface area contributed by atoms with Crippen LogP contribution in [-0.2, 0) is 4.79 Å². The zero-order chi connectivity index (χ0) is 11.2. The van der Waals surface area contributed by atoms with Crippen LogP contribution in [0.25, 0.3) is 0 Å². The first kappa shape index (κ1) is 11.1. The molecule has 0 aliphatic heterocycles. The summed E-state index contributed by atoms with van der Waals surface area (Å²) in [6.07, 6.45) is 8.03. The van der Waals surface area contributed by atoms with Crippen LogP contribution >= 0.6 is 11.8 Å². The van der Waals surface area contributed by atoms with Gasteiger partial charge >= 0.3 is 0 Å². The van der Waals surface area contributed by atoms with Crippen LogP contribution < -0.4 is 0 Å². The van der Waals surface area contributed by atoms with E-state index in [-0.39, 0.29) is 5.41 Å². The quantitative estimate of drug-likeness (QED) is 0.745. The van der Waals surface area contributed by atoms with Gasteiger partial charge in [-0.3, -0.25) is 4.79 Å². The first-order chi connectivity index (χ1) is 7.72. The Morgan fingerprint density at radius 2 is 1.62 bits per heavy atom. The van der Waals surface area contributed by atoms with Crippen LogP contribution in [0.2, 0.25) is 0 Å². The van der Waals surface area contributed by atoms with Gasteiger partial charge in [0.15, 0.2) is 0 Å². The Hall–Kier alpha value is 0.0200. The lowest BCUT2D eigenvalue weighted by Crippen LogP contribution is -2.50. The third-order valence-corrected chi connectivity index (χ3v) is 5.94. The topological polar surface area (TPSA) is 17.1 Å². The Balaban J connectivity index is 1.75. The van der Waals surface area contributed by atoms with Crippen LogP contribution in [0, 0.1) is 23.2 Å². The molecule has 4 aliphatic carbocycles. The molecule has 4 fully saturated rings. The molecule has 90 valence electrons. The van der Waals surface area contributed by atoms with Gasteiger partial charge in [-0.15, -0.1) is 0 Å². The highest BCUT2D eigenvalue weighted by Crippen LogP contribution is 2.60. The van der Waals surface area contributed by atoms with Crippen molar-refractivity contribution in [3.8, 4) is 0 Å². The van der Waals surface area contributed by atoms with E-state index in [1.165, 1.54) is 38.5 Å². The lowest BCUT2D eigenvalue weighted by atomic mass is 9.48. The first-order valence-corrected chi connectivity index (χ1v) is 7.98. The fraction of sp³-hybridized carbons (Fsp3) is 0.929. The van der Waals surface area contributed by atoms with Gasteiger partial charge in [0.2, 0.25) is 0 Å². The van der Waals surface area contributed by atoms with Crippen molar-refractivity contribution in [2.24, 2.45) is 23.2 Å². The van der Waals surface area contributed by atoms with Crippen molar-refractivity contribution in [2.45, 2.75) is 45.4 Å². The van der Waals surface area contributed by atoms with E-state index < -0.39 is 0 Å². The Kier molecular flexibility index (Phi) is 2.81. The average Bonchev–Trinajstić information content (AvgIpc) is 2.24. The molecule has 0 saturated heterocycles. The van der Waals surface area contributed by atoms with Crippen LogP contribution in [0.5, 0.6) is 0 Å². The van der Waals surface area contributed by atoms with Gasteiger partial charge in [0.1, 0.15) is 5.78 Å². The van der Waals surface area contributed by atoms with Crippen molar-refractivity contribution in [3.63, 3.8) is 0 Å². The van der Waals surface area contributed by atoms with Crippen molar-refractivity contribution in [3.05, 3.63) is 0 Å². The summed E-state index contributed by atoms with van der Waals surface area (Å²) in [4.78, 5) is 12.4. The van der Waals surface area contributed by atoms with Crippen molar-refractivity contribution >= 4 is 17.5 Å². The molecule has 0 spiro atoms. The smallest absolute Gasteiger partial charge is 0.148 e. The summed E-state index contributed by atoms with van der Waals surface area (Å²) in [5, 5.41) is 0. The number of carbonyl (C=O) groups excluding carboxylic acids is 1. The molecule has 16 heavy (non-hydrogen) atoms. The fourth-order valence-electron chi connectivity index (χ4n) is 4.80. The minimum atomic E-state index is 0.150. The Morgan fingerprint density at radius 1 is 1.12 bits per heavy atom. The summed E-state index contributed by atoms with van der Waals surface area (Å²) in [5.74, 6) is 5.17. The summed E-state index contributed by atoms with van der Waals surface area (Å²) in [6.45, 7) is 2.15. The summed E-state index contributed by atoms with van der Waals surface area (Å²) < 4.78 is 0. The molecule has 0 heterocycles. The van der Waals surface area contributed by atoms with Crippen molar-refractivity contribution in [1.29, 1.82) is 0 Å². The van der Waals surface area contributed by atoms with Crippen molar-refractivity contribution < 1.29 is 4.79 Å². The molecule has 0 N–H and O–H groups in total. The number of hydrogen-bond donors (Lipinski definition) is 0. The SMILES string of the molecule is CCSCC(=O)C12CC3CC(CC(C3)C1)C2. The zero-order valence-corrected chi connectivity index (χ0v) is 11.0. The van der Waals surface area contributed by atoms with E-state index in [0.29, 0.717) is 5.78 Å². The second-order valence-corrected chi connectivity index (χ2v) is 7.53. The van der Waals surface area contributed by atoms with Crippen LogP contribution in [-0.4, -0.2) is 17.3 Å². The average molecular weight is 238 g/mol. The van der Waals surface area contributed by atoms with Crippen LogP contribution in [0.15, 0.2) is 0 Å². The first-order valence-electron chi connectivity index (χ1n) is 6.83. The standard InChI is InChI=1S/C14H22OS/c1-2-16-9-13(15)14-6-10-3-11(7-14)5-12(4-10)8-14/h10-12H,2-9H2,1H3. The Labute approximate surface area is 103 Å². The normalized spacial score (nSPS) is 44.9. The third kappa shape index (κ3) is 1.73. The van der Waals surface area contributed by atoms with Gasteiger partial charge < -0.3 is 0 Å². The monoisotopic (exact) mass is 238 g/mol. The summed E-state index contributed by atoms with van der Waals surface area (Å²) >= 11 is 1.82. The number of hydrogen-bond acceptors (Lipinski definition) is 2. The second kappa shape index (κ2) is 4.04. The van der Waals surface area contributed by atoms with E-state index in [2.05, 4.69) is 6.92 Å². The molecule has 0 unspecified atom stereocenters. The predicted octanol–water partition coefficient (Wildman–Crippen LogP) is 3.53. The summed E-state index contributed by atoms with van der Waals surface area (Å²) in [6, 6.07) is 0. The largest absolute Gasteiger partial charge is 0.298 e. The molecule has 0 amide bonds. The molecule has 0 atom stereocenters. The van der Waals surface area contributed by atoms with Crippen LogP contribution in [0.4, 0.5) is 0 Å². The molecule has 4 bridgehead atoms. The van der Waals surface area contributed by atoms with Gasteiger partial charge in [0.25, 0.3) is 0 Å². The molecular formula is C14H22OS. The summed E-state index contributed by atoms with van der Waals surface area (Å²) in [7, 11) is 0. The zero-order valence-electron chi connectivity index (χ0n) is 10.2. The van der Waals surface area contributed by atoms with Crippen molar-refractivity contribution in [1.82, 2.24) is 0 Å². The van der Waals surface area contributed by atoms with E-state index in [4.69, 9.17) is 0 Å². The molecule has 1 nitrogen and oxygen atoms in total. The predicted molar refractivity (Wildman–Crippen MR) is 68.6 cm³/mol. The van der Waals surface area contributed by atoms with E-state index in [1.807, 2.05) is 11.8 Å². The number of carbonyl (C=O) groups is 1. The van der Waals surface area contributed by atoms with Gasteiger partial charge in [-0.1, -0.05) is 6.92 Å². The maximum absolute atomic E-state index is 12.4. The molecule has 4 rings (SSSR count). The van der Waals surface area contributed by atoms with Gasteiger partial charge in [-0.2, -0.15) is 11.8 Å². The molecule has 0 radical (unpaired) electrons. The fourth-order valence-corrected chi connectivity index (χ4v) is 5.50. The molecule has 0 aromatic heterocycles. The van der Waals surface area contributed by atoms with Gasteiger partial charge in [-0.05, 0) is 62.0 Å². The van der Waals surface area contributed by atoms with Gasteiger partial charge in [0, 0.05) is 5.41 Å². The van der Waals surface area contributed by atoms with E-state index in [9.17, 15) is 4.79 Å². The highest BCUT2D eigenvalue weighted by molar-refractivity contribution is 7.99. The highest BCUT2D eigenvalue weighted by Gasteiger charge is 2.53. The van der Waals surface area contributed by atoms with E-state index in [1.54, 1.807) is 0 Å². The minimum Gasteiger partial charge on any atom is -0.298 e. The van der Waals surface area contributed by atoms with E-state index in [0.717, 1.165) is 29.3 Å². The van der Waals surface area contributed by atoms with E-state index >= 15 is 0 Å². The molecule has 2 heteroatoms. The van der Waals surface area contributed by atoms with Crippen LogP contribution in [0.1, 0.15) is 45.4 Å². The summed E-state index contributed by atoms with van der Waals surface area (Å²) in [5.41, 5.74) is 0.150. The molecular weight excluding hydrogens is 216 g/mol. The molecule has 4 saturated carbocycles. The molecule has 0 aromatic rings. The molecule has 4 aliphatic rings. The second-order valence-electron chi connectivity index (χ2n) is 6.26. The third-order valence-electron chi connectivity index (χ3n) is 5.07. The maximum atomic E-state index is 12.4. The van der Waals surface area contributed by atoms with Crippen LogP contribution in [0.3, 0.4) is 0 Å². The minimum absolute atomic E-state index is 0.150.